The van der Waals surface area contributed by atoms with Crippen molar-refractivity contribution in [1.29, 1.82) is 0 Å². The number of fused-ring (bicyclic) bond motifs is 1. The minimum absolute atomic E-state index is 0.108. The Morgan fingerprint density at radius 3 is 2.63 bits per heavy atom. The van der Waals surface area contributed by atoms with E-state index in [1.165, 1.54) is 0 Å². The number of halogens is 1. The summed E-state index contributed by atoms with van der Waals surface area (Å²) in [6.45, 7) is 5.11. The van der Waals surface area contributed by atoms with Crippen LogP contribution in [-0.4, -0.2) is 45.4 Å². The van der Waals surface area contributed by atoms with E-state index in [2.05, 4.69) is 10.2 Å². The lowest BCUT2D eigenvalue weighted by Gasteiger charge is -2.26. The number of phenolic OH excluding ortho intramolecular Hbond substituents is 1. The zero-order valence-corrected chi connectivity index (χ0v) is 17.7. The fraction of sp³-hybridized carbons (Fsp3) is 0.304. The normalized spacial score (nSPS) is 15.8. The molecule has 2 heterocycles. The van der Waals surface area contributed by atoms with Crippen molar-refractivity contribution in [3.05, 3.63) is 70.4 Å². The molecule has 0 aliphatic carbocycles. The Morgan fingerprint density at radius 1 is 1.20 bits per heavy atom. The number of amides is 1. The van der Waals surface area contributed by atoms with Crippen LogP contribution >= 0.6 is 11.6 Å². The number of nitrogens with zero attached hydrogens (tertiary/aromatic N) is 2. The highest BCUT2D eigenvalue weighted by molar-refractivity contribution is 6.30. The molecule has 0 fully saturated rings. The minimum atomic E-state index is -0.322. The van der Waals surface area contributed by atoms with E-state index in [1.54, 1.807) is 18.2 Å². The van der Waals surface area contributed by atoms with Gasteiger partial charge >= 0.3 is 0 Å². The highest BCUT2D eigenvalue weighted by Crippen LogP contribution is 2.44. The van der Waals surface area contributed by atoms with Crippen molar-refractivity contribution in [2.75, 3.05) is 13.2 Å². The lowest BCUT2D eigenvalue weighted by atomic mass is 9.95. The predicted octanol–water partition coefficient (Wildman–Crippen LogP) is 4.80. The fourth-order valence-corrected chi connectivity index (χ4v) is 3.98. The van der Waals surface area contributed by atoms with Crippen LogP contribution in [0.25, 0.3) is 11.3 Å². The van der Waals surface area contributed by atoms with Gasteiger partial charge in [-0.1, -0.05) is 35.9 Å². The molecule has 4 rings (SSSR count). The quantitative estimate of drug-likeness (QED) is 0.533. The summed E-state index contributed by atoms with van der Waals surface area (Å²) in [4.78, 5) is 15.1. The van der Waals surface area contributed by atoms with E-state index < -0.39 is 0 Å². The number of benzene rings is 2. The van der Waals surface area contributed by atoms with E-state index in [9.17, 15) is 9.90 Å². The van der Waals surface area contributed by atoms with Crippen molar-refractivity contribution in [3.63, 3.8) is 0 Å². The van der Waals surface area contributed by atoms with E-state index in [4.69, 9.17) is 16.3 Å². The summed E-state index contributed by atoms with van der Waals surface area (Å²) in [5.41, 5.74) is 3.34. The maximum Gasteiger partial charge on any atom is 0.273 e. The maximum absolute atomic E-state index is 13.2. The third kappa shape index (κ3) is 3.80. The number of H-pyrrole nitrogens is 1. The van der Waals surface area contributed by atoms with Crippen molar-refractivity contribution in [1.82, 2.24) is 15.1 Å². The van der Waals surface area contributed by atoms with Crippen LogP contribution in [0.3, 0.4) is 0 Å². The fourth-order valence-electron chi connectivity index (χ4n) is 3.85. The molecule has 1 aliphatic heterocycles. The molecule has 2 N–H and O–H groups in total. The van der Waals surface area contributed by atoms with Gasteiger partial charge < -0.3 is 14.7 Å². The number of aromatic hydroxyl groups is 1. The Labute approximate surface area is 180 Å². The van der Waals surface area contributed by atoms with Crippen LogP contribution in [0.2, 0.25) is 5.02 Å². The third-order valence-corrected chi connectivity index (χ3v) is 5.46. The number of rotatable bonds is 7. The molecule has 0 saturated carbocycles. The largest absolute Gasteiger partial charge is 0.507 e. The van der Waals surface area contributed by atoms with Gasteiger partial charge in [0.2, 0.25) is 0 Å². The Bertz CT molecular complexity index is 1050. The molecule has 0 unspecified atom stereocenters. The number of hydrogen-bond acceptors (Lipinski definition) is 4. The second kappa shape index (κ2) is 8.50. The predicted molar refractivity (Wildman–Crippen MR) is 116 cm³/mol. The Balaban J connectivity index is 1.74. The van der Waals surface area contributed by atoms with Crippen LogP contribution in [0.5, 0.6) is 5.75 Å². The molecule has 3 aromatic rings. The molecule has 1 aromatic heterocycles. The van der Waals surface area contributed by atoms with Gasteiger partial charge in [-0.05, 0) is 50.1 Å². The van der Waals surface area contributed by atoms with Gasteiger partial charge in [0.15, 0.2) is 0 Å². The van der Waals surface area contributed by atoms with Crippen LogP contribution in [0.4, 0.5) is 0 Å². The van der Waals surface area contributed by atoms with Crippen molar-refractivity contribution in [2.24, 2.45) is 0 Å². The Hall–Kier alpha value is -2.83. The van der Waals surface area contributed by atoms with E-state index in [-0.39, 0.29) is 23.8 Å². The molecular weight excluding hydrogens is 402 g/mol. The summed E-state index contributed by atoms with van der Waals surface area (Å²) in [6, 6.07) is 14.2. The van der Waals surface area contributed by atoms with E-state index >= 15 is 0 Å². The number of para-hydroxylation sites is 1. The van der Waals surface area contributed by atoms with Gasteiger partial charge in [-0.3, -0.25) is 9.89 Å². The van der Waals surface area contributed by atoms with Gasteiger partial charge in [-0.2, -0.15) is 5.10 Å². The van der Waals surface area contributed by atoms with E-state index in [0.29, 0.717) is 35.1 Å². The highest BCUT2D eigenvalue weighted by atomic mass is 35.5. The standard InChI is InChI=1S/C23H24ClN3O3/c1-14(2)30-13-5-12-27-22(15-8-10-16(24)11-9-15)19-20(25-26-21(19)23(27)29)17-6-3-4-7-18(17)28/h3-4,6-11,14,22,28H,5,12-13H2,1-2H3,(H,25,26)/t22-/m0/s1. The first kappa shape index (κ1) is 20.4. The first-order valence-corrected chi connectivity index (χ1v) is 10.4. The molecule has 0 bridgehead atoms. The number of aromatic amines is 1. The molecular formula is C23H24ClN3O3. The van der Waals surface area contributed by atoms with Crippen LogP contribution in [-0.2, 0) is 4.74 Å². The number of carbonyl (C=O) groups excluding carboxylic acids is 1. The average Bonchev–Trinajstić information content (AvgIpc) is 3.26. The topological polar surface area (TPSA) is 78.5 Å². The van der Waals surface area contributed by atoms with Crippen molar-refractivity contribution in [3.8, 4) is 17.0 Å². The smallest absolute Gasteiger partial charge is 0.273 e. The monoisotopic (exact) mass is 425 g/mol. The van der Waals surface area contributed by atoms with Crippen molar-refractivity contribution in [2.45, 2.75) is 32.4 Å². The van der Waals surface area contributed by atoms with Gasteiger partial charge in [-0.25, -0.2) is 0 Å². The second-order valence-corrected chi connectivity index (χ2v) is 8.04. The molecule has 0 radical (unpaired) electrons. The van der Waals surface area contributed by atoms with E-state index in [0.717, 1.165) is 17.5 Å². The van der Waals surface area contributed by atoms with Crippen LogP contribution < -0.4 is 0 Å². The highest BCUT2D eigenvalue weighted by Gasteiger charge is 2.42. The van der Waals surface area contributed by atoms with Gasteiger partial charge in [0.1, 0.15) is 17.1 Å². The van der Waals surface area contributed by atoms with Crippen LogP contribution in [0.1, 0.15) is 47.9 Å². The Kier molecular flexibility index (Phi) is 5.79. The molecule has 0 saturated heterocycles. The SMILES string of the molecule is CC(C)OCCCN1C(=O)c2[nH]nc(-c3ccccc3O)c2[C@@H]1c1ccc(Cl)cc1. The molecule has 1 aliphatic rings. The molecule has 2 aromatic carbocycles. The first-order valence-electron chi connectivity index (χ1n) is 10.0. The van der Waals surface area contributed by atoms with Gasteiger partial charge in [0, 0.05) is 29.3 Å². The summed E-state index contributed by atoms with van der Waals surface area (Å²) >= 11 is 6.09. The summed E-state index contributed by atoms with van der Waals surface area (Å²) in [5, 5.41) is 18.3. The summed E-state index contributed by atoms with van der Waals surface area (Å²) in [5.74, 6) is 0.0153. The van der Waals surface area contributed by atoms with Gasteiger partial charge in [-0.15, -0.1) is 0 Å². The van der Waals surface area contributed by atoms with Crippen LogP contribution in [0.15, 0.2) is 48.5 Å². The molecule has 1 amide bonds. The summed E-state index contributed by atoms with van der Waals surface area (Å²) < 4.78 is 5.65. The zero-order valence-electron chi connectivity index (χ0n) is 16.9. The van der Waals surface area contributed by atoms with Crippen molar-refractivity contribution >= 4 is 17.5 Å². The number of hydrogen-bond donors (Lipinski definition) is 2. The maximum atomic E-state index is 13.2. The lowest BCUT2D eigenvalue weighted by molar-refractivity contribution is 0.0601. The molecule has 1 atom stereocenters. The number of carbonyl (C=O) groups is 1. The molecule has 0 spiro atoms. The van der Waals surface area contributed by atoms with Gasteiger partial charge in [0.05, 0.1) is 12.1 Å². The zero-order chi connectivity index (χ0) is 21.3. The summed E-state index contributed by atoms with van der Waals surface area (Å²) in [6.07, 6.45) is 0.869. The number of phenols is 1. The molecule has 7 heteroatoms. The number of nitrogens with one attached hydrogen (secondary N) is 1. The first-order chi connectivity index (χ1) is 14.5. The molecule has 6 nitrogen and oxygen atoms in total. The van der Waals surface area contributed by atoms with Crippen molar-refractivity contribution < 1.29 is 14.6 Å². The number of ether oxygens (including phenoxy) is 1. The molecule has 30 heavy (non-hydrogen) atoms. The summed E-state index contributed by atoms with van der Waals surface area (Å²) in [7, 11) is 0. The number of aromatic nitrogens is 2. The van der Waals surface area contributed by atoms with Gasteiger partial charge in [0.25, 0.3) is 5.91 Å². The Morgan fingerprint density at radius 2 is 1.93 bits per heavy atom. The van der Waals surface area contributed by atoms with E-state index in [1.807, 2.05) is 49.1 Å². The second-order valence-electron chi connectivity index (χ2n) is 7.60. The average molecular weight is 426 g/mol. The van der Waals surface area contributed by atoms with Crippen LogP contribution in [0, 0.1) is 0 Å². The lowest BCUT2D eigenvalue weighted by Crippen LogP contribution is -2.31. The molecule has 156 valence electrons. The minimum Gasteiger partial charge on any atom is -0.507 e. The third-order valence-electron chi connectivity index (χ3n) is 5.20.